The van der Waals surface area contributed by atoms with Crippen molar-refractivity contribution in [3.63, 3.8) is 0 Å². The molecule has 280 valence electrons. The number of fused-ring (bicyclic) bond motifs is 8. The first-order valence-corrected chi connectivity index (χ1v) is 20.4. The number of benzene rings is 9. The summed E-state index contributed by atoms with van der Waals surface area (Å²) in [5.41, 5.74) is 19.9. The quantitative estimate of drug-likeness (QED) is 0.168. The van der Waals surface area contributed by atoms with Gasteiger partial charge in [-0.15, -0.1) is 0 Å². The monoisotopic (exact) mass is 755 g/mol. The van der Waals surface area contributed by atoms with Gasteiger partial charge in [-0.1, -0.05) is 178 Å². The topological polar surface area (TPSA) is 12.5 Å². The van der Waals surface area contributed by atoms with Crippen LogP contribution in [0.25, 0.3) is 66.8 Å². The van der Waals surface area contributed by atoms with Crippen LogP contribution in [0.15, 0.2) is 212 Å². The average molecular weight is 756 g/mol. The smallest absolute Gasteiger partial charge is 0.137 e. The lowest BCUT2D eigenvalue weighted by molar-refractivity contribution is 0.488. The van der Waals surface area contributed by atoms with Crippen LogP contribution in [-0.4, -0.2) is 0 Å². The Morgan fingerprint density at radius 1 is 0.339 bits per heavy atom. The third-order valence-corrected chi connectivity index (χ3v) is 12.3. The Balaban J connectivity index is 1.06. The second-order valence-corrected chi connectivity index (χ2v) is 16.1. The molecule has 0 amide bonds. The zero-order valence-electron chi connectivity index (χ0n) is 33.1. The first-order valence-electron chi connectivity index (χ1n) is 20.4. The summed E-state index contributed by atoms with van der Waals surface area (Å²) in [6, 6.07) is 76.7. The van der Waals surface area contributed by atoms with Crippen LogP contribution < -0.4 is 9.64 Å². The zero-order valence-corrected chi connectivity index (χ0v) is 33.1. The molecule has 0 aromatic heterocycles. The van der Waals surface area contributed by atoms with Crippen molar-refractivity contribution >= 4 is 17.1 Å². The molecule has 0 atom stereocenters. The van der Waals surface area contributed by atoms with Gasteiger partial charge in [-0.2, -0.15) is 0 Å². The molecule has 2 aliphatic rings. The van der Waals surface area contributed by atoms with Crippen molar-refractivity contribution in [2.75, 3.05) is 4.90 Å². The minimum absolute atomic E-state index is 0.144. The van der Waals surface area contributed by atoms with E-state index in [1.54, 1.807) is 0 Å². The maximum Gasteiger partial charge on any atom is 0.137 e. The molecule has 0 unspecified atom stereocenters. The number of nitrogens with zero attached hydrogens (tertiary/aromatic N) is 1. The van der Waals surface area contributed by atoms with Crippen molar-refractivity contribution in [1.29, 1.82) is 0 Å². The molecule has 0 N–H and O–H groups in total. The minimum Gasteiger partial charge on any atom is -0.456 e. The second kappa shape index (κ2) is 13.9. The van der Waals surface area contributed by atoms with Crippen LogP contribution in [0.2, 0.25) is 0 Å². The van der Waals surface area contributed by atoms with Crippen LogP contribution in [0.1, 0.15) is 25.0 Å². The molecular weight excluding hydrogens is 715 g/mol. The first kappa shape index (κ1) is 34.8. The van der Waals surface area contributed by atoms with Gasteiger partial charge in [-0.3, -0.25) is 0 Å². The molecule has 0 saturated carbocycles. The predicted octanol–water partition coefficient (Wildman–Crippen LogP) is 15.9. The molecule has 0 radical (unpaired) electrons. The summed E-state index contributed by atoms with van der Waals surface area (Å²) in [5, 5.41) is 0. The third kappa shape index (κ3) is 5.87. The SMILES string of the molecule is CC1(C)c2ccccc2-c2ccc(N(c3ccc(-c4ccccc4)cc3)c3cccc4c3-c3ccccc3-c3cc(-c5ccc(-c6ccccc6)cc5)ccc3O4)cc21. The highest BCUT2D eigenvalue weighted by molar-refractivity contribution is 6.00. The van der Waals surface area contributed by atoms with Crippen LogP contribution in [0.4, 0.5) is 17.1 Å². The summed E-state index contributed by atoms with van der Waals surface area (Å²) < 4.78 is 7.02. The number of hydrogen-bond donors (Lipinski definition) is 0. The fourth-order valence-corrected chi connectivity index (χ4v) is 9.30. The molecule has 9 aromatic carbocycles. The molecule has 59 heavy (non-hydrogen) atoms. The molecule has 0 fully saturated rings. The lowest BCUT2D eigenvalue weighted by Crippen LogP contribution is -2.17. The van der Waals surface area contributed by atoms with Crippen molar-refractivity contribution in [3.8, 4) is 78.3 Å². The molecule has 2 heteroatoms. The van der Waals surface area contributed by atoms with Gasteiger partial charge in [0.15, 0.2) is 0 Å². The molecular formula is C57H41NO. The molecule has 2 nitrogen and oxygen atoms in total. The zero-order chi connectivity index (χ0) is 39.5. The Morgan fingerprint density at radius 3 is 1.56 bits per heavy atom. The van der Waals surface area contributed by atoms with E-state index in [-0.39, 0.29) is 5.41 Å². The first-order chi connectivity index (χ1) is 29.0. The third-order valence-electron chi connectivity index (χ3n) is 12.3. The maximum atomic E-state index is 7.02. The summed E-state index contributed by atoms with van der Waals surface area (Å²) in [5.74, 6) is 1.67. The Hall–Kier alpha value is -7.42. The van der Waals surface area contributed by atoms with Gasteiger partial charge >= 0.3 is 0 Å². The van der Waals surface area contributed by atoms with Gasteiger partial charge in [0.05, 0.1) is 5.69 Å². The standard InChI is InChI=1S/C57H41NO/c1-57(2)51-21-12-11-19-47(51)48-34-33-45(37-52(48)57)58(44-31-28-41(29-32-44)39-16-7-4-8-17-39)53-22-13-23-55-56(53)49-20-10-9-18-46(49)50-36-43(30-35-54(50)59-55)42-26-24-40(25-27-42)38-14-5-3-6-15-38/h3-37H,1-2H3. The minimum atomic E-state index is -0.144. The Morgan fingerprint density at radius 2 is 0.864 bits per heavy atom. The van der Waals surface area contributed by atoms with E-state index in [0.717, 1.165) is 56.4 Å². The summed E-state index contributed by atoms with van der Waals surface area (Å²) >= 11 is 0. The number of ether oxygens (including phenoxy) is 1. The Bertz CT molecular complexity index is 3020. The van der Waals surface area contributed by atoms with Crippen LogP contribution in [0, 0.1) is 0 Å². The van der Waals surface area contributed by atoms with Gasteiger partial charge in [0.2, 0.25) is 0 Å². The van der Waals surface area contributed by atoms with Crippen LogP contribution in [-0.2, 0) is 5.41 Å². The van der Waals surface area contributed by atoms with Crippen molar-refractivity contribution in [2.45, 2.75) is 19.3 Å². The number of rotatable bonds is 6. The van der Waals surface area contributed by atoms with Crippen molar-refractivity contribution in [3.05, 3.63) is 223 Å². The van der Waals surface area contributed by atoms with E-state index in [4.69, 9.17) is 4.74 Å². The van der Waals surface area contributed by atoms with Gasteiger partial charge in [0, 0.05) is 27.9 Å². The lowest BCUT2D eigenvalue weighted by atomic mass is 9.82. The molecule has 9 aromatic rings. The predicted molar refractivity (Wildman–Crippen MR) is 246 cm³/mol. The van der Waals surface area contributed by atoms with E-state index in [9.17, 15) is 0 Å². The van der Waals surface area contributed by atoms with E-state index in [0.29, 0.717) is 0 Å². The molecule has 1 aliphatic heterocycles. The lowest BCUT2D eigenvalue weighted by Gasteiger charge is -2.30. The molecule has 0 spiro atoms. The molecule has 1 heterocycles. The van der Waals surface area contributed by atoms with Gasteiger partial charge in [0.1, 0.15) is 11.5 Å². The number of anilines is 3. The van der Waals surface area contributed by atoms with Crippen LogP contribution in [0.3, 0.4) is 0 Å². The fourth-order valence-electron chi connectivity index (χ4n) is 9.30. The summed E-state index contributed by atoms with van der Waals surface area (Å²) in [6.45, 7) is 4.70. The van der Waals surface area contributed by atoms with E-state index in [2.05, 4.69) is 231 Å². The van der Waals surface area contributed by atoms with Crippen molar-refractivity contribution < 1.29 is 4.74 Å². The maximum absolute atomic E-state index is 7.02. The summed E-state index contributed by atoms with van der Waals surface area (Å²) in [7, 11) is 0. The molecule has 11 rings (SSSR count). The Kier molecular flexibility index (Phi) is 8.20. The average Bonchev–Trinajstić information content (AvgIpc) is 3.42. The molecule has 0 saturated heterocycles. The van der Waals surface area contributed by atoms with Crippen LogP contribution >= 0.6 is 0 Å². The van der Waals surface area contributed by atoms with Crippen molar-refractivity contribution in [2.24, 2.45) is 0 Å². The van der Waals surface area contributed by atoms with Gasteiger partial charge in [0.25, 0.3) is 0 Å². The largest absolute Gasteiger partial charge is 0.456 e. The normalized spacial score (nSPS) is 12.8. The van der Waals surface area contributed by atoms with E-state index in [1.165, 1.54) is 50.1 Å². The van der Waals surface area contributed by atoms with E-state index in [1.807, 2.05) is 0 Å². The second-order valence-electron chi connectivity index (χ2n) is 16.1. The van der Waals surface area contributed by atoms with Gasteiger partial charge in [-0.05, 0) is 115 Å². The highest BCUT2D eigenvalue weighted by atomic mass is 16.5. The van der Waals surface area contributed by atoms with Crippen LogP contribution in [0.5, 0.6) is 11.5 Å². The molecule has 0 bridgehead atoms. The fraction of sp³-hybridized carbons (Fsp3) is 0.0526. The van der Waals surface area contributed by atoms with E-state index < -0.39 is 0 Å². The highest BCUT2D eigenvalue weighted by Gasteiger charge is 2.36. The highest BCUT2D eigenvalue weighted by Crippen LogP contribution is 2.55. The van der Waals surface area contributed by atoms with Crippen molar-refractivity contribution in [1.82, 2.24) is 0 Å². The van der Waals surface area contributed by atoms with E-state index >= 15 is 0 Å². The van der Waals surface area contributed by atoms with Gasteiger partial charge < -0.3 is 9.64 Å². The summed E-state index contributed by atoms with van der Waals surface area (Å²) in [4.78, 5) is 2.42. The molecule has 1 aliphatic carbocycles. The Labute approximate surface area is 346 Å². The van der Waals surface area contributed by atoms with Gasteiger partial charge in [-0.25, -0.2) is 0 Å². The summed E-state index contributed by atoms with van der Waals surface area (Å²) in [6.07, 6.45) is 0. The number of hydrogen-bond acceptors (Lipinski definition) is 2.